The standard InChI is InChI=1S/C17H19Cl/c1-13(14(2)18)17(15-9-5-3-6-10-15)16-11-7-4-8-12-16/h3-14,17H,1-2H3. The molecule has 18 heavy (non-hydrogen) atoms. The molecule has 0 aliphatic carbocycles. The number of alkyl halides is 1. The van der Waals surface area contributed by atoms with E-state index in [-0.39, 0.29) is 5.38 Å². The Kier molecular flexibility index (Phi) is 4.43. The monoisotopic (exact) mass is 258 g/mol. The summed E-state index contributed by atoms with van der Waals surface area (Å²) in [5.74, 6) is 0.761. The maximum absolute atomic E-state index is 6.32. The zero-order valence-corrected chi connectivity index (χ0v) is 11.6. The van der Waals surface area contributed by atoms with Gasteiger partial charge in [-0.15, -0.1) is 11.6 Å². The van der Waals surface area contributed by atoms with Crippen molar-refractivity contribution >= 4 is 11.6 Å². The molecule has 0 nitrogen and oxygen atoms in total. The summed E-state index contributed by atoms with van der Waals surface area (Å²) in [6, 6.07) is 21.2. The second kappa shape index (κ2) is 6.06. The van der Waals surface area contributed by atoms with Crippen molar-refractivity contribution in [1.82, 2.24) is 0 Å². The first-order valence-corrected chi connectivity index (χ1v) is 6.87. The van der Waals surface area contributed by atoms with Crippen LogP contribution in [-0.2, 0) is 0 Å². The van der Waals surface area contributed by atoms with Crippen LogP contribution >= 0.6 is 11.6 Å². The molecule has 0 amide bonds. The van der Waals surface area contributed by atoms with Crippen LogP contribution in [0.2, 0.25) is 0 Å². The van der Waals surface area contributed by atoms with Crippen molar-refractivity contribution in [2.24, 2.45) is 5.92 Å². The molecule has 0 fully saturated rings. The maximum atomic E-state index is 6.32. The van der Waals surface area contributed by atoms with E-state index in [2.05, 4.69) is 74.5 Å². The Hall–Kier alpha value is -1.27. The van der Waals surface area contributed by atoms with Crippen molar-refractivity contribution in [2.45, 2.75) is 25.1 Å². The summed E-state index contributed by atoms with van der Waals surface area (Å²) in [5, 5.41) is 0.149. The average Bonchev–Trinajstić information content (AvgIpc) is 2.41. The van der Waals surface area contributed by atoms with Crippen molar-refractivity contribution in [3.05, 3.63) is 71.8 Å². The quantitative estimate of drug-likeness (QED) is 0.671. The molecule has 94 valence electrons. The van der Waals surface area contributed by atoms with Crippen LogP contribution in [0.5, 0.6) is 0 Å². The van der Waals surface area contributed by atoms with Gasteiger partial charge in [-0.2, -0.15) is 0 Å². The van der Waals surface area contributed by atoms with E-state index in [9.17, 15) is 0 Å². The van der Waals surface area contributed by atoms with Crippen LogP contribution in [-0.4, -0.2) is 5.38 Å². The maximum Gasteiger partial charge on any atom is 0.0342 e. The van der Waals surface area contributed by atoms with E-state index in [1.807, 2.05) is 0 Å². The van der Waals surface area contributed by atoms with Crippen molar-refractivity contribution in [2.75, 3.05) is 0 Å². The molecule has 0 radical (unpaired) electrons. The molecule has 0 aliphatic rings. The highest BCUT2D eigenvalue weighted by Gasteiger charge is 2.24. The van der Waals surface area contributed by atoms with E-state index in [0.717, 1.165) is 0 Å². The largest absolute Gasteiger partial charge is 0.123 e. The van der Waals surface area contributed by atoms with Crippen LogP contribution in [0, 0.1) is 5.92 Å². The Morgan fingerprint density at radius 2 is 1.11 bits per heavy atom. The SMILES string of the molecule is CC(Cl)C(C)C(c1ccccc1)c1ccccc1. The molecule has 0 N–H and O–H groups in total. The molecule has 0 aromatic heterocycles. The molecule has 2 aromatic carbocycles. The van der Waals surface area contributed by atoms with E-state index in [4.69, 9.17) is 11.6 Å². The highest BCUT2D eigenvalue weighted by molar-refractivity contribution is 6.20. The van der Waals surface area contributed by atoms with Gasteiger partial charge in [0.15, 0.2) is 0 Å². The van der Waals surface area contributed by atoms with Gasteiger partial charge in [0.1, 0.15) is 0 Å². The smallest absolute Gasteiger partial charge is 0.0342 e. The summed E-state index contributed by atoms with van der Waals surface area (Å²) in [6.45, 7) is 4.30. The molecular formula is C17H19Cl. The average molecular weight is 259 g/mol. The second-order valence-corrected chi connectivity index (χ2v) is 5.52. The number of rotatable bonds is 4. The zero-order valence-electron chi connectivity index (χ0n) is 10.9. The highest BCUT2D eigenvalue weighted by Crippen LogP contribution is 2.35. The molecule has 2 aromatic rings. The van der Waals surface area contributed by atoms with Gasteiger partial charge in [-0.3, -0.25) is 0 Å². The number of halogens is 1. The topological polar surface area (TPSA) is 0 Å². The predicted molar refractivity (Wildman–Crippen MR) is 79.2 cm³/mol. The molecule has 0 saturated carbocycles. The van der Waals surface area contributed by atoms with Gasteiger partial charge in [0.2, 0.25) is 0 Å². The summed E-state index contributed by atoms with van der Waals surface area (Å²) in [7, 11) is 0. The van der Waals surface area contributed by atoms with E-state index in [1.54, 1.807) is 0 Å². The molecule has 2 atom stereocenters. The molecule has 0 saturated heterocycles. The van der Waals surface area contributed by atoms with Crippen LogP contribution in [0.4, 0.5) is 0 Å². The van der Waals surface area contributed by atoms with E-state index < -0.39 is 0 Å². The minimum Gasteiger partial charge on any atom is -0.123 e. The van der Waals surface area contributed by atoms with Gasteiger partial charge < -0.3 is 0 Å². The van der Waals surface area contributed by atoms with Gasteiger partial charge in [-0.25, -0.2) is 0 Å². The summed E-state index contributed by atoms with van der Waals surface area (Å²) >= 11 is 6.32. The molecule has 1 heteroatoms. The molecule has 0 bridgehead atoms. The first kappa shape index (κ1) is 13.2. The molecule has 2 unspecified atom stereocenters. The first-order chi connectivity index (χ1) is 8.70. The fourth-order valence-corrected chi connectivity index (χ4v) is 2.53. The van der Waals surface area contributed by atoms with Gasteiger partial charge in [0, 0.05) is 11.3 Å². The van der Waals surface area contributed by atoms with E-state index in [0.29, 0.717) is 11.8 Å². The third kappa shape index (κ3) is 2.94. The Morgan fingerprint density at radius 3 is 1.44 bits per heavy atom. The summed E-state index contributed by atoms with van der Waals surface area (Å²) < 4.78 is 0. The Labute approximate surface area is 115 Å². The van der Waals surface area contributed by atoms with Gasteiger partial charge in [-0.1, -0.05) is 67.6 Å². The van der Waals surface area contributed by atoms with Crippen molar-refractivity contribution in [3.8, 4) is 0 Å². The highest BCUT2D eigenvalue weighted by atomic mass is 35.5. The zero-order chi connectivity index (χ0) is 13.0. The van der Waals surface area contributed by atoms with E-state index >= 15 is 0 Å². The third-order valence-corrected chi connectivity index (χ3v) is 3.97. The van der Waals surface area contributed by atoms with Crippen LogP contribution in [0.25, 0.3) is 0 Å². The van der Waals surface area contributed by atoms with Crippen LogP contribution in [0.1, 0.15) is 30.9 Å². The minimum absolute atomic E-state index is 0.149. The third-order valence-electron chi connectivity index (χ3n) is 3.57. The summed E-state index contributed by atoms with van der Waals surface area (Å²) in [5.41, 5.74) is 2.67. The fourth-order valence-electron chi connectivity index (χ4n) is 2.39. The normalized spacial score (nSPS) is 14.4. The Morgan fingerprint density at radius 1 is 0.722 bits per heavy atom. The molecular weight excluding hydrogens is 240 g/mol. The number of hydrogen-bond acceptors (Lipinski definition) is 0. The lowest BCUT2D eigenvalue weighted by Crippen LogP contribution is -2.18. The summed E-state index contributed by atoms with van der Waals surface area (Å²) in [4.78, 5) is 0. The van der Waals surface area contributed by atoms with Crippen LogP contribution < -0.4 is 0 Å². The lowest BCUT2D eigenvalue weighted by atomic mass is 9.80. The van der Waals surface area contributed by atoms with Crippen LogP contribution in [0.3, 0.4) is 0 Å². The Balaban J connectivity index is 2.42. The van der Waals surface area contributed by atoms with Gasteiger partial charge in [0.05, 0.1) is 0 Å². The van der Waals surface area contributed by atoms with Crippen molar-refractivity contribution in [1.29, 1.82) is 0 Å². The van der Waals surface area contributed by atoms with Crippen molar-refractivity contribution < 1.29 is 0 Å². The predicted octanol–water partition coefficient (Wildman–Crippen LogP) is 5.08. The fraction of sp³-hybridized carbons (Fsp3) is 0.294. The second-order valence-electron chi connectivity index (χ2n) is 4.84. The molecule has 2 rings (SSSR count). The lowest BCUT2D eigenvalue weighted by Gasteiger charge is -2.27. The minimum atomic E-state index is 0.149. The number of hydrogen-bond donors (Lipinski definition) is 0. The van der Waals surface area contributed by atoms with Crippen molar-refractivity contribution in [3.63, 3.8) is 0 Å². The Bertz CT molecular complexity index is 422. The molecule has 0 aliphatic heterocycles. The molecule has 0 spiro atoms. The van der Waals surface area contributed by atoms with Crippen LogP contribution in [0.15, 0.2) is 60.7 Å². The van der Waals surface area contributed by atoms with E-state index in [1.165, 1.54) is 11.1 Å². The van der Waals surface area contributed by atoms with Gasteiger partial charge >= 0.3 is 0 Å². The lowest BCUT2D eigenvalue weighted by molar-refractivity contribution is 0.503. The summed E-state index contributed by atoms with van der Waals surface area (Å²) in [6.07, 6.45) is 0. The van der Waals surface area contributed by atoms with Gasteiger partial charge in [0.25, 0.3) is 0 Å². The number of benzene rings is 2. The van der Waals surface area contributed by atoms with Gasteiger partial charge in [-0.05, 0) is 24.0 Å². The first-order valence-electron chi connectivity index (χ1n) is 6.44. The molecule has 0 heterocycles.